The number of hydrogen-bond donors (Lipinski definition) is 0. The first-order chi connectivity index (χ1) is 7.92. The van der Waals surface area contributed by atoms with Crippen LogP contribution in [0.25, 0.3) is 10.1 Å². The van der Waals surface area contributed by atoms with Gasteiger partial charge in [-0.05, 0) is 23.6 Å². The van der Waals surface area contributed by atoms with Crippen molar-refractivity contribution in [3.05, 3.63) is 54.5 Å². The fourth-order valence-corrected chi connectivity index (χ4v) is 2.43. The largest absolute Gasteiger partial charge is 0.472 e. The lowest BCUT2D eigenvalue weighted by atomic mass is 10.3. The molecule has 0 N–H and O–H groups in total. The zero-order valence-corrected chi connectivity index (χ0v) is 9.28. The van der Waals surface area contributed by atoms with E-state index in [9.17, 15) is 0 Å². The van der Waals surface area contributed by atoms with Crippen molar-refractivity contribution < 1.29 is 4.42 Å². The molecule has 2 nitrogen and oxygen atoms in total. The van der Waals surface area contributed by atoms with Gasteiger partial charge in [-0.3, -0.25) is 0 Å². The molecule has 0 atom stereocenters. The molecule has 0 bridgehead atoms. The van der Waals surface area contributed by atoms with Gasteiger partial charge in [0.2, 0.25) is 0 Å². The Bertz CT molecular complexity index is 589. The fourth-order valence-electron chi connectivity index (χ4n) is 1.52. The van der Waals surface area contributed by atoms with Gasteiger partial charge in [0.25, 0.3) is 0 Å². The summed E-state index contributed by atoms with van der Waals surface area (Å²) < 4.78 is 6.24. The molecule has 0 spiro atoms. The topological polar surface area (TPSA) is 25.5 Å². The van der Waals surface area contributed by atoms with Gasteiger partial charge in [-0.2, -0.15) is 0 Å². The molecule has 0 aliphatic heterocycles. The maximum absolute atomic E-state index is 4.97. The highest BCUT2D eigenvalue weighted by molar-refractivity contribution is 7.22. The van der Waals surface area contributed by atoms with Crippen LogP contribution in [0.2, 0.25) is 0 Å². The van der Waals surface area contributed by atoms with Crippen LogP contribution >= 0.6 is 11.3 Å². The van der Waals surface area contributed by atoms with Gasteiger partial charge in [0, 0.05) is 16.5 Å². The zero-order valence-electron chi connectivity index (χ0n) is 8.46. The Morgan fingerprint density at radius 1 is 1.19 bits per heavy atom. The molecular formula is C13H9NOS. The summed E-state index contributed by atoms with van der Waals surface area (Å²) in [7, 11) is 0. The van der Waals surface area contributed by atoms with Gasteiger partial charge in [0.15, 0.2) is 0 Å². The third-order valence-electron chi connectivity index (χ3n) is 2.30. The molecule has 2 heterocycles. The van der Waals surface area contributed by atoms with E-state index in [-0.39, 0.29) is 0 Å². The fraction of sp³-hybridized carbons (Fsp3) is 0. The summed E-state index contributed by atoms with van der Waals surface area (Å²) in [5, 5.41) is 2.26. The Morgan fingerprint density at radius 2 is 2.12 bits per heavy atom. The minimum atomic E-state index is 0.984. The van der Waals surface area contributed by atoms with Crippen molar-refractivity contribution in [1.29, 1.82) is 0 Å². The second-order valence-corrected chi connectivity index (χ2v) is 4.50. The monoisotopic (exact) mass is 227 g/mol. The van der Waals surface area contributed by atoms with E-state index in [0.29, 0.717) is 0 Å². The van der Waals surface area contributed by atoms with E-state index in [1.165, 1.54) is 10.1 Å². The van der Waals surface area contributed by atoms with Crippen LogP contribution in [-0.4, -0.2) is 6.21 Å². The molecule has 0 unspecified atom stereocenters. The van der Waals surface area contributed by atoms with E-state index >= 15 is 0 Å². The predicted molar refractivity (Wildman–Crippen MR) is 67.8 cm³/mol. The van der Waals surface area contributed by atoms with Crippen molar-refractivity contribution in [2.24, 2.45) is 4.99 Å². The van der Waals surface area contributed by atoms with E-state index in [1.54, 1.807) is 23.9 Å². The Balaban J connectivity index is 1.95. The summed E-state index contributed by atoms with van der Waals surface area (Å²) in [6.07, 6.45) is 5.14. The maximum atomic E-state index is 4.97. The highest BCUT2D eigenvalue weighted by Crippen LogP contribution is 2.31. The summed E-state index contributed by atoms with van der Waals surface area (Å²) in [5.41, 5.74) is 0.984. The third kappa shape index (κ3) is 1.77. The normalized spacial score (nSPS) is 11.5. The number of rotatable bonds is 2. The molecule has 16 heavy (non-hydrogen) atoms. The van der Waals surface area contributed by atoms with E-state index in [1.807, 2.05) is 24.4 Å². The van der Waals surface area contributed by atoms with Crippen molar-refractivity contribution >= 4 is 32.6 Å². The average molecular weight is 227 g/mol. The Hall–Kier alpha value is -1.87. The second kappa shape index (κ2) is 3.94. The number of aliphatic imine (C=N–C) groups is 1. The lowest BCUT2D eigenvalue weighted by molar-refractivity contribution is 0.567. The number of thiophene rings is 1. The molecule has 78 valence electrons. The first-order valence-electron chi connectivity index (χ1n) is 4.97. The van der Waals surface area contributed by atoms with E-state index in [2.05, 4.69) is 23.2 Å². The summed E-state index contributed by atoms with van der Waals surface area (Å²) in [5.74, 6) is 0. The first kappa shape index (κ1) is 9.36. The molecule has 0 radical (unpaired) electrons. The molecule has 3 heteroatoms. The molecule has 1 aromatic carbocycles. The van der Waals surface area contributed by atoms with Crippen LogP contribution in [0.15, 0.2) is 58.3 Å². The molecule has 3 rings (SSSR count). The molecule has 3 aromatic rings. The highest BCUT2D eigenvalue weighted by atomic mass is 32.1. The Kier molecular flexibility index (Phi) is 2.31. The van der Waals surface area contributed by atoms with Crippen LogP contribution in [-0.2, 0) is 0 Å². The second-order valence-electron chi connectivity index (χ2n) is 3.44. The summed E-state index contributed by atoms with van der Waals surface area (Å²) >= 11 is 1.69. The minimum absolute atomic E-state index is 0.984. The van der Waals surface area contributed by atoms with Crippen LogP contribution < -0.4 is 0 Å². The summed E-state index contributed by atoms with van der Waals surface area (Å²) in [6.45, 7) is 0. The van der Waals surface area contributed by atoms with E-state index in [4.69, 9.17) is 4.42 Å². The lowest BCUT2D eigenvalue weighted by Crippen LogP contribution is -1.70. The highest BCUT2D eigenvalue weighted by Gasteiger charge is 1.98. The van der Waals surface area contributed by atoms with Gasteiger partial charge >= 0.3 is 0 Å². The van der Waals surface area contributed by atoms with Crippen LogP contribution in [0.3, 0.4) is 0 Å². The van der Waals surface area contributed by atoms with E-state index < -0.39 is 0 Å². The molecule has 0 amide bonds. The van der Waals surface area contributed by atoms with Gasteiger partial charge < -0.3 is 4.42 Å². The molecule has 2 aromatic heterocycles. The molecule has 0 saturated heterocycles. The van der Waals surface area contributed by atoms with Crippen molar-refractivity contribution in [3.8, 4) is 0 Å². The molecule has 0 aliphatic rings. The average Bonchev–Trinajstić information content (AvgIpc) is 2.95. The maximum Gasteiger partial charge on any atom is 0.117 e. The van der Waals surface area contributed by atoms with Crippen LogP contribution in [0.1, 0.15) is 5.56 Å². The number of fused-ring (bicyclic) bond motifs is 1. The number of hydrogen-bond acceptors (Lipinski definition) is 3. The zero-order chi connectivity index (χ0) is 10.8. The van der Waals surface area contributed by atoms with Gasteiger partial charge in [0.1, 0.15) is 5.00 Å². The van der Waals surface area contributed by atoms with Crippen molar-refractivity contribution in [1.82, 2.24) is 0 Å². The minimum Gasteiger partial charge on any atom is -0.472 e. The molecule has 0 saturated carbocycles. The van der Waals surface area contributed by atoms with Gasteiger partial charge in [-0.25, -0.2) is 4.99 Å². The SMILES string of the molecule is C(=N\c1cc2ccccc2s1)/c1ccoc1. The lowest BCUT2D eigenvalue weighted by Gasteiger charge is -1.82. The first-order valence-corrected chi connectivity index (χ1v) is 5.78. The Labute approximate surface area is 96.9 Å². The summed E-state index contributed by atoms with van der Waals surface area (Å²) in [6, 6.07) is 12.3. The van der Waals surface area contributed by atoms with Crippen molar-refractivity contribution in [2.45, 2.75) is 0 Å². The summed E-state index contributed by atoms with van der Waals surface area (Å²) in [4.78, 5) is 4.42. The third-order valence-corrected chi connectivity index (χ3v) is 3.32. The molecule has 0 aliphatic carbocycles. The predicted octanol–water partition coefficient (Wildman–Crippen LogP) is 4.24. The van der Waals surface area contributed by atoms with Gasteiger partial charge in [-0.1, -0.05) is 18.2 Å². The smallest absolute Gasteiger partial charge is 0.117 e. The van der Waals surface area contributed by atoms with Crippen LogP contribution in [0.4, 0.5) is 5.00 Å². The molecular weight excluding hydrogens is 218 g/mol. The van der Waals surface area contributed by atoms with Crippen LogP contribution in [0.5, 0.6) is 0 Å². The quantitative estimate of drug-likeness (QED) is 0.601. The Morgan fingerprint density at radius 3 is 2.94 bits per heavy atom. The number of nitrogens with zero attached hydrogens (tertiary/aromatic N) is 1. The van der Waals surface area contributed by atoms with Crippen molar-refractivity contribution in [2.75, 3.05) is 0 Å². The van der Waals surface area contributed by atoms with E-state index in [0.717, 1.165) is 10.6 Å². The standard InChI is InChI=1S/C13H9NOS/c1-2-4-12-11(3-1)7-13(16-12)14-8-10-5-6-15-9-10/h1-9H/b14-8+. The van der Waals surface area contributed by atoms with Crippen LogP contribution in [0, 0.1) is 0 Å². The molecule has 0 fully saturated rings. The number of furan rings is 1. The van der Waals surface area contributed by atoms with Crippen molar-refractivity contribution in [3.63, 3.8) is 0 Å². The van der Waals surface area contributed by atoms with Gasteiger partial charge in [-0.15, -0.1) is 11.3 Å². The van der Waals surface area contributed by atoms with Gasteiger partial charge in [0.05, 0.1) is 12.5 Å². The number of benzene rings is 1.